The lowest BCUT2D eigenvalue weighted by molar-refractivity contribution is 0.0778. The van der Waals surface area contributed by atoms with Gasteiger partial charge >= 0.3 is 6.16 Å². The van der Waals surface area contributed by atoms with Gasteiger partial charge in [-0.05, 0) is 70.3 Å². The molecule has 2 aromatic heterocycles. The summed E-state index contributed by atoms with van der Waals surface area (Å²) in [5.74, 6) is -0.0285. The molecule has 1 atom stereocenters. The number of aryl methyl sites for hydroxylation is 1. The summed E-state index contributed by atoms with van der Waals surface area (Å²) in [5, 5.41) is 5.22. The average Bonchev–Trinajstić information content (AvgIpc) is 3.32. The van der Waals surface area contributed by atoms with Crippen LogP contribution >= 0.6 is 11.3 Å². The van der Waals surface area contributed by atoms with Gasteiger partial charge in [0.2, 0.25) is 0 Å². The first-order valence-corrected chi connectivity index (χ1v) is 12.3. The Labute approximate surface area is 192 Å². The van der Waals surface area contributed by atoms with Crippen LogP contribution in [0.1, 0.15) is 55.9 Å². The summed E-state index contributed by atoms with van der Waals surface area (Å²) in [4.78, 5) is 29.2. The summed E-state index contributed by atoms with van der Waals surface area (Å²) in [6.45, 7) is 7.79. The molecule has 0 amide bonds. The van der Waals surface area contributed by atoms with Crippen molar-refractivity contribution in [2.45, 2.75) is 52.0 Å². The highest BCUT2D eigenvalue weighted by molar-refractivity contribution is 7.10. The van der Waals surface area contributed by atoms with Crippen LogP contribution in [-0.4, -0.2) is 41.9 Å². The zero-order valence-electron chi connectivity index (χ0n) is 18.8. The summed E-state index contributed by atoms with van der Waals surface area (Å²) < 4.78 is 12.4. The van der Waals surface area contributed by atoms with Gasteiger partial charge in [0.15, 0.2) is 0 Å². The second kappa shape index (κ2) is 10.4. The highest BCUT2D eigenvalue weighted by atomic mass is 32.1. The van der Waals surface area contributed by atoms with Crippen LogP contribution < -0.4 is 10.9 Å². The zero-order chi connectivity index (χ0) is 22.5. The lowest BCUT2D eigenvalue weighted by Crippen LogP contribution is -2.34. The second-order valence-corrected chi connectivity index (χ2v) is 9.22. The molecule has 0 radical (unpaired) electrons. The van der Waals surface area contributed by atoms with Crippen molar-refractivity contribution in [1.29, 1.82) is 0 Å². The number of pyridine rings is 1. The fourth-order valence-electron chi connectivity index (χ4n) is 4.51. The number of ether oxygens (including phenoxy) is 2. The molecule has 4 rings (SSSR count). The van der Waals surface area contributed by atoms with Gasteiger partial charge in [-0.3, -0.25) is 4.79 Å². The third-order valence-electron chi connectivity index (χ3n) is 6.05. The molecule has 0 saturated carbocycles. The number of hydrogen-bond donors (Lipinski definition) is 1. The molecule has 1 fully saturated rings. The van der Waals surface area contributed by atoms with Crippen LogP contribution in [-0.2, 0) is 16.0 Å². The van der Waals surface area contributed by atoms with Crippen LogP contribution in [0.2, 0.25) is 0 Å². The Balaban J connectivity index is 1.61. The number of rotatable bonds is 7. The summed E-state index contributed by atoms with van der Waals surface area (Å²) in [6, 6.07) is 5.86. The van der Waals surface area contributed by atoms with Crippen molar-refractivity contribution in [2.75, 3.05) is 31.6 Å². The number of nitrogens with one attached hydrogen (secondary N) is 1. The van der Waals surface area contributed by atoms with Gasteiger partial charge in [0, 0.05) is 23.3 Å². The standard InChI is InChI=1S/C24H31N3O4S/c1-3-30-24(29)31-22-17(2)25-18-10-15-27(14-8-13-26-11-5-4-6-12-26)23(28)20(18)21(22)19-9-7-16-32-19/h7,9-10,15-16,21,25H,3-6,8,11-14H2,1-2H3. The summed E-state index contributed by atoms with van der Waals surface area (Å²) in [5.41, 5.74) is 2.02. The van der Waals surface area contributed by atoms with Crippen molar-refractivity contribution >= 4 is 23.2 Å². The van der Waals surface area contributed by atoms with Gasteiger partial charge in [-0.25, -0.2) is 4.79 Å². The van der Waals surface area contributed by atoms with Crippen molar-refractivity contribution in [3.63, 3.8) is 0 Å². The van der Waals surface area contributed by atoms with E-state index in [0.29, 0.717) is 23.6 Å². The first kappa shape index (κ1) is 22.6. The summed E-state index contributed by atoms with van der Waals surface area (Å²) >= 11 is 1.54. The molecule has 1 saturated heterocycles. The van der Waals surface area contributed by atoms with E-state index in [1.54, 1.807) is 22.8 Å². The predicted octanol–water partition coefficient (Wildman–Crippen LogP) is 4.75. The lowest BCUT2D eigenvalue weighted by atomic mass is 9.91. The molecule has 1 unspecified atom stereocenters. The number of carbonyl (C=O) groups is 1. The second-order valence-electron chi connectivity index (χ2n) is 8.25. The van der Waals surface area contributed by atoms with Gasteiger partial charge in [0.25, 0.3) is 5.56 Å². The van der Waals surface area contributed by atoms with E-state index < -0.39 is 12.1 Å². The first-order chi connectivity index (χ1) is 15.6. The molecule has 32 heavy (non-hydrogen) atoms. The molecule has 2 aromatic rings. The number of carbonyl (C=O) groups excluding carboxylic acids is 1. The number of piperidine rings is 1. The third-order valence-corrected chi connectivity index (χ3v) is 6.99. The number of allylic oxidation sites excluding steroid dienone is 2. The van der Waals surface area contributed by atoms with E-state index >= 15 is 0 Å². The minimum atomic E-state index is -0.758. The Morgan fingerprint density at radius 1 is 1.22 bits per heavy atom. The summed E-state index contributed by atoms with van der Waals surface area (Å²) in [7, 11) is 0. The SMILES string of the molecule is CCOC(=O)OC1=C(C)Nc2ccn(CCCN3CCCCC3)c(=O)c2C1c1cccs1. The minimum Gasteiger partial charge on any atom is -0.434 e. The van der Waals surface area contributed by atoms with Crippen molar-refractivity contribution in [3.05, 3.63) is 62.0 Å². The molecule has 4 heterocycles. The van der Waals surface area contributed by atoms with Gasteiger partial charge in [-0.15, -0.1) is 11.3 Å². The zero-order valence-corrected chi connectivity index (χ0v) is 19.6. The van der Waals surface area contributed by atoms with Crippen LogP contribution in [0.5, 0.6) is 0 Å². The van der Waals surface area contributed by atoms with Crippen molar-refractivity contribution in [3.8, 4) is 0 Å². The number of fused-ring (bicyclic) bond motifs is 1. The molecule has 1 N–H and O–H groups in total. The largest absolute Gasteiger partial charge is 0.513 e. The van der Waals surface area contributed by atoms with Crippen LogP contribution in [0.15, 0.2) is 46.0 Å². The molecule has 2 aliphatic heterocycles. The van der Waals surface area contributed by atoms with Gasteiger partial charge in [0.05, 0.1) is 23.8 Å². The number of nitrogens with zero attached hydrogens (tertiary/aromatic N) is 2. The Bertz CT molecular complexity index is 1020. The van der Waals surface area contributed by atoms with Crippen LogP contribution in [0, 0.1) is 0 Å². The molecule has 7 nitrogen and oxygen atoms in total. The molecule has 0 aromatic carbocycles. The first-order valence-electron chi connectivity index (χ1n) is 11.4. The van der Waals surface area contributed by atoms with E-state index in [-0.39, 0.29) is 12.2 Å². The van der Waals surface area contributed by atoms with Gasteiger partial charge in [-0.1, -0.05) is 12.5 Å². The summed E-state index contributed by atoms with van der Waals surface area (Å²) in [6.07, 6.45) is 5.88. The fraction of sp³-hybridized carbons (Fsp3) is 0.500. The Kier molecular flexibility index (Phi) is 7.32. The molecular formula is C24H31N3O4S. The van der Waals surface area contributed by atoms with E-state index in [9.17, 15) is 9.59 Å². The van der Waals surface area contributed by atoms with Crippen molar-refractivity contribution in [2.24, 2.45) is 0 Å². The Morgan fingerprint density at radius 3 is 2.75 bits per heavy atom. The predicted molar refractivity (Wildman–Crippen MR) is 126 cm³/mol. The molecule has 0 bridgehead atoms. The number of aromatic nitrogens is 1. The third kappa shape index (κ3) is 4.91. The molecule has 0 aliphatic carbocycles. The quantitative estimate of drug-likeness (QED) is 0.605. The fourth-order valence-corrected chi connectivity index (χ4v) is 5.35. The molecule has 8 heteroatoms. The smallest absolute Gasteiger partial charge is 0.434 e. The number of hydrogen-bond acceptors (Lipinski definition) is 7. The van der Waals surface area contributed by atoms with E-state index in [2.05, 4.69) is 10.2 Å². The van der Waals surface area contributed by atoms with Gasteiger partial charge in [-0.2, -0.15) is 0 Å². The monoisotopic (exact) mass is 457 g/mol. The minimum absolute atomic E-state index is 0.0514. The van der Waals surface area contributed by atoms with E-state index in [4.69, 9.17) is 9.47 Å². The number of anilines is 1. The molecule has 172 valence electrons. The van der Waals surface area contributed by atoms with Crippen LogP contribution in [0.3, 0.4) is 0 Å². The van der Waals surface area contributed by atoms with Crippen molar-refractivity contribution < 1.29 is 14.3 Å². The van der Waals surface area contributed by atoms with E-state index in [1.807, 2.05) is 36.7 Å². The maximum Gasteiger partial charge on any atom is 0.513 e. The highest BCUT2D eigenvalue weighted by Crippen LogP contribution is 2.42. The topological polar surface area (TPSA) is 72.8 Å². The number of thiophene rings is 1. The lowest BCUT2D eigenvalue weighted by Gasteiger charge is -2.29. The van der Waals surface area contributed by atoms with E-state index in [1.165, 1.54) is 19.3 Å². The van der Waals surface area contributed by atoms with Crippen LogP contribution in [0.25, 0.3) is 0 Å². The van der Waals surface area contributed by atoms with Gasteiger partial charge in [0.1, 0.15) is 5.76 Å². The van der Waals surface area contributed by atoms with E-state index in [0.717, 1.165) is 36.6 Å². The highest BCUT2D eigenvalue weighted by Gasteiger charge is 2.35. The number of likely N-dealkylation sites (tertiary alicyclic amines) is 1. The maximum absolute atomic E-state index is 13.6. The Hall–Kier alpha value is -2.58. The maximum atomic E-state index is 13.6. The molecule has 2 aliphatic rings. The van der Waals surface area contributed by atoms with Crippen molar-refractivity contribution in [1.82, 2.24) is 9.47 Å². The molecule has 0 spiro atoms. The van der Waals surface area contributed by atoms with Crippen LogP contribution in [0.4, 0.5) is 10.5 Å². The normalized spacial score (nSPS) is 18.8. The van der Waals surface area contributed by atoms with Gasteiger partial charge < -0.3 is 24.3 Å². The molecular weight excluding hydrogens is 426 g/mol. The average molecular weight is 458 g/mol. The Morgan fingerprint density at radius 2 is 2.03 bits per heavy atom.